The molecule has 1 aliphatic heterocycles. The molecule has 1 aromatic carbocycles. The van der Waals surface area contributed by atoms with Crippen LogP contribution < -0.4 is 16.2 Å². The number of aromatic nitrogens is 3. The smallest absolute Gasteiger partial charge is 0.271 e. The number of benzene rings is 1. The molecule has 0 atom stereocenters. The summed E-state index contributed by atoms with van der Waals surface area (Å²) in [5.41, 5.74) is 3.25. The highest BCUT2D eigenvalue weighted by Crippen LogP contribution is 2.31. The highest BCUT2D eigenvalue weighted by Gasteiger charge is 2.17. The van der Waals surface area contributed by atoms with Crippen LogP contribution in [-0.4, -0.2) is 39.2 Å². The summed E-state index contributed by atoms with van der Waals surface area (Å²) in [4.78, 5) is 27.5. The van der Waals surface area contributed by atoms with Crippen molar-refractivity contribution in [1.82, 2.24) is 19.9 Å². The lowest BCUT2D eigenvalue weighted by Crippen LogP contribution is -2.29. The summed E-state index contributed by atoms with van der Waals surface area (Å²) in [5, 5.41) is 6.73. The minimum absolute atomic E-state index is 0.184. The van der Waals surface area contributed by atoms with Gasteiger partial charge in [0, 0.05) is 30.1 Å². The molecule has 0 amide bonds. The number of hydrogen-bond donors (Lipinski definition) is 3. The van der Waals surface area contributed by atoms with Gasteiger partial charge in [-0.2, -0.15) is 4.98 Å². The number of nitrogens with one attached hydrogen (secondary N) is 3. The van der Waals surface area contributed by atoms with Crippen molar-refractivity contribution in [2.24, 2.45) is 0 Å². The molecule has 3 heterocycles. The molecule has 7 nitrogen and oxygen atoms in total. The first-order chi connectivity index (χ1) is 14.5. The maximum absolute atomic E-state index is 12.5. The zero-order chi connectivity index (χ0) is 21.1. The summed E-state index contributed by atoms with van der Waals surface area (Å²) in [5.74, 6) is 1.74. The van der Waals surface area contributed by atoms with Crippen LogP contribution in [0.25, 0.3) is 0 Å². The van der Waals surface area contributed by atoms with Crippen LogP contribution in [0.4, 0.5) is 23.1 Å². The van der Waals surface area contributed by atoms with Gasteiger partial charge in [0.2, 0.25) is 5.95 Å². The van der Waals surface area contributed by atoms with Crippen molar-refractivity contribution >= 4 is 46.5 Å². The molecule has 0 fully saturated rings. The number of aromatic amines is 1. The van der Waals surface area contributed by atoms with Gasteiger partial charge in [-0.1, -0.05) is 30.7 Å². The van der Waals surface area contributed by atoms with Crippen molar-refractivity contribution in [2.75, 3.05) is 30.0 Å². The van der Waals surface area contributed by atoms with Crippen LogP contribution in [0.1, 0.15) is 18.2 Å². The van der Waals surface area contributed by atoms with E-state index < -0.39 is 0 Å². The second kappa shape index (κ2) is 9.07. The third kappa shape index (κ3) is 4.61. The number of thioether (sulfide) groups is 1. The molecular formula is C21H23ClN6OS. The fourth-order valence-corrected chi connectivity index (χ4v) is 4.25. The topological polar surface area (TPSA) is 85.9 Å². The van der Waals surface area contributed by atoms with Gasteiger partial charge in [-0.3, -0.25) is 4.79 Å². The van der Waals surface area contributed by atoms with Crippen molar-refractivity contribution in [2.45, 2.75) is 24.8 Å². The molecule has 2 aromatic heterocycles. The van der Waals surface area contributed by atoms with Gasteiger partial charge in [-0.05, 0) is 36.6 Å². The molecule has 9 heteroatoms. The summed E-state index contributed by atoms with van der Waals surface area (Å²) < 4.78 is 0. The summed E-state index contributed by atoms with van der Waals surface area (Å²) in [7, 11) is 2.07. The SMILES string of the molecule is CCSc1ccccc1Nc1nc(Nc2cc3c([nH]c2=O)CCN(C)C3)ncc1Cl. The molecule has 0 unspecified atom stereocenters. The monoisotopic (exact) mass is 442 g/mol. The highest BCUT2D eigenvalue weighted by atomic mass is 35.5. The lowest BCUT2D eigenvalue weighted by molar-refractivity contribution is 0.310. The summed E-state index contributed by atoms with van der Waals surface area (Å²) >= 11 is 8.06. The van der Waals surface area contributed by atoms with E-state index in [0.717, 1.165) is 47.1 Å². The molecule has 1 aliphatic rings. The number of H-pyrrole nitrogens is 1. The first-order valence-corrected chi connectivity index (χ1v) is 11.1. The second-order valence-corrected chi connectivity index (χ2v) is 8.79. The van der Waals surface area contributed by atoms with Crippen LogP contribution in [0.3, 0.4) is 0 Å². The Morgan fingerprint density at radius 3 is 2.93 bits per heavy atom. The van der Waals surface area contributed by atoms with E-state index in [1.54, 1.807) is 11.8 Å². The Hall–Kier alpha value is -2.55. The number of anilines is 4. The molecule has 3 aromatic rings. The van der Waals surface area contributed by atoms with Crippen molar-refractivity contribution in [3.05, 3.63) is 63.2 Å². The Labute approximate surface area is 184 Å². The molecule has 0 bridgehead atoms. The first-order valence-electron chi connectivity index (χ1n) is 9.75. The van der Waals surface area contributed by atoms with Crippen molar-refractivity contribution in [3.63, 3.8) is 0 Å². The van der Waals surface area contributed by atoms with Gasteiger partial charge in [-0.25, -0.2) is 4.98 Å². The van der Waals surface area contributed by atoms with Gasteiger partial charge < -0.3 is 20.5 Å². The number of fused-ring (bicyclic) bond motifs is 1. The number of likely N-dealkylation sites (N-methyl/N-ethyl adjacent to an activating group) is 1. The zero-order valence-corrected chi connectivity index (χ0v) is 18.4. The number of para-hydroxylation sites is 1. The van der Waals surface area contributed by atoms with Crippen LogP contribution in [0.5, 0.6) is 0 Å². The molecule has 0 saturated heterocycles. The largest absolute Gasteiger partial charge is 0.338 e. The molecule has 30 heavy (non-hydrogen) atoms. The Morgan fingerprint density at radius 1 is 1.27 bits per heavy atom. The van der Waals surface area contributed by atoms with Gasteiger partial charge >= 0.3 is 0 Å². The third-order valence-electron chi connectivity index (χ3n) is 4.83. The predicted molar refractivity (Wildman–Crippen MR) is 124 cm³/mol. The minimum atomic E-state index is -0.184. The summed E-state index contributed by atoms with van der Waals surface area (Å²) in [6, 6.07) is 9.86. The Bertz CT molecular complexity index is 1120. The van der Waals surface area contributed by atoms with Gasteiger partial charge in [0.15, 0.2) is 5.82 Å². The quantitative estimate of drug-likeness (QED) is 0.487. The van der Waals surface area contributed by atoms with E-state index in [4.69, 9.17) is 11.6 Å². The first kappa shape index (κ1) is 20.7. The van der Waals surface area contributed by atoms with E-state index in [0.29, 0.717) is 22.5 Å². The molecular weight excluding hydrogens is 420 g/mol. The molecule has 0 radical (unpaired) electrons. The molecule has 0 aliphatic carbocycles. The van der Waals surface area contributed by atoms with Gasteiger partial charge in [0.05, 0.1) is 11.9 Å². The van der Waals surface area contributed by atoms with Crippen molar-refractivity contribution in [3.8, 4) is 0 Å². The number of nitrogens with zero attached hydrogens (tertiary/aromatic N) is 3. The van der Waals surface area contributed by atoms with Crippen LogP contribution in [0.15, 0.2) is 46.2 Å². The molecule has 0 saturated carbocycles. The lowest BCUT2D eigenvalue weighted by Gasteiger charge is -2.24. The van der Waals surface area contributed by atoms with Crippen LogP contribution >= 0.6 is 23.4 Å². The average molecular weight is 443 g/mol. The van der Waals surface area contributed by atoms with E-state index in [2.05, 4.69) is 50.5 Å². The van der Waals surface area contributed by atoms with Crippen molar-refractivity contribution < 1.29 is 0 Å². The minimum Gasteiger partial charge on any atom is -0.338 e. The lowest BCUT2D eigenvalue weighted by atomic mass is 10.1. The maximum atomic E-state index is 12.5. The number of halogens is 1. The fraction of sp³-hybridized carbons (Fsp3) is 0.286. The molecule has 4 rings (SSSR count). The van der Waals surface area contributed by atoms with E-state index in [-0.39, 0.29) is 5.56 Å². The highest BCUT2D eigenvalue weighted by molar-refractivity contribution is 7.99. The second-order valence-electron chi connectivity index (χ2n) is 7.07. The van der Waals surface area contributed by atoms with Gasteiger partial charge in [0.25, 0.3) is 5.56 Å². The van der Waals surface area contributed by atoms with E-state index in [1.807, 2.05) is 24.3 Å². The number of pyridine rings is 1. The van der Waals surface area contributed by atoms with Crippen LogP contribution in [-0.2, 0) is 13.0 Å². The Kier molecular flexibility index (Phi) is 6.26. The molecule has 156 valence electrons. The third-order valence-corrected chi connectivity index (χ3v) is 6.06. The number of hydrogen-bond acceptors (Lipinski definition) is 7. The standard InChI is InChI=1S/C21H23ClN6OS/c1-3-30-18-7-5-4-6-16(18)24-19-14(22)11-23-21(27-19)26-17-10-13-12-28(2)9-8-15(13)25-20(17)29/h4-7,10-11H,3,8-9,12H2,1-2H3,(H,25,29)(H2,23,24,26,27). The fourth-order valence-electron chi connectivity index (χ4n) is 3.36. The summed E-state index contributed by atoms with van der Waals surface area (Å²) in [6.45, 7) is 3.83. The van der Waals surface area contributed by atoms with Crippen LogP contribution in [0.2, 0.25) is 5.02 Å². The molecule has 3 N–H and O–H groups in total. The summed E-state index contributed by atoms with van der Waals surface area (Å²) in [6.07, 6.45) is 2.36. The van der Waals surface area contributed by atoms with Crippen LogP contribution in [0, 0.1) is 0 Å². The predicted octanol–water partition coefficient (Wildman–Crippen LogP) is 4.41. The van der Waals surface area contributed by atoms with Gasteiger partial charge in [-0.15, -0.1) is 11.8 Å². The maximum Gasteiger partial charge on any atom is 0.271 e. The Morgan fingerprint density at radius 2 is 2.10 bits per heavy atom. The number of rotatable bonds is 6. The van der Waals surface area contributed by atoms with Gasteiger partial charge in [0.1, 0.15) is 10.7 Å². The Balaban J connectivity index is 1.60. The van der Waals surface area contributed by atoms with Crippen molar-refractivity contribution in [1.29, 1.82) is 0 Å². The average Bonchev–Trinajstić information content (AvgIpc) is 2.73. The van der Waals surface area contributed by atoms with E-state index >= 15 is 0 Å². The zero-order valence-electron chi connectivity index (χ0n) is 16.8. The normalized spacial score (nSPS) is 13.7. The van der Waals surface area contributed by atoms with E-state index in [9.17, 15) is 4.79 Å². The molecule has 0 spiro atoms. The van der Waals surface area contributed by atoms with E-state index in [1.165, 1.54) is 6.20 Å².